The number of fused-ring (bicyclic) bond motifs is 4. The average molecular weight is 1440 g/mol. The first kappa shape index (κ1) is 62.2. The van der Waals surface area contributed by atoms with Gasteiger partial charge in [0.1, 0.15) is 0 Å². The Balaban J connectivity index is 0.926. The van der Waals surface area contributed by atoms with Gasteiger partial charge in [-0.2, -0.15) is 0 Å². The van der Waals surface area contributed by atoms with Crippen molar-refractivity contribution >= 4 is 91.3 Å². The van der Waals surface area contributed by atoms with Gasteiger partial charge in [0.2, 0.25) is 0 Å². The normalized spacial score (nSPS) is 12.5. The van der Waals surface area contributed by atoms with E-state index in [0.29, 0.717) is 5.56 Å². The molecule has 20 rings (SSSR count). The Bertz CT molecular complexity index is 6070. The molecule has 0 saturated heterocycles. The summed E-state index contributed by atoms with van der Waals surface area (Å²) < 4.78 is 48.6. The molecule has 0 unspecified atom stereocenters. The molecule has 0 N–H and O–H groups in total. The van der Waals surface area contributed by atoms with E-state index in [1.54, 1.807) is 0 Å². The van der Waals surface area contributed by atoms with Gasteiger partial charge in [-0.3, -0.25) is 0 Å². The minimum atomic E-state index is -0.527. The molecule has 18 aromatic carbocycles. The zero-order valence-electron chi connectivity index (χ0n) is 66.8. The molecule has 0 saturated carbocycles. The van der Waals surface area contributed by atoms with Crippen LogP contribution in [-0.4, -0.2) is 6.71 Å². The van der Waals surface area contributed by atoms with Crippen molar-refractivity contribution in [2.45, 2.75) is 0 Å². The van der Waals surface area contributed by atoms with Gasteiger partial charge in [0, 0.05) is 79.1 Å². The van der Waals surface area contributed by atoms with Crippen LogP contribution in [0, 0.1) is 0 Å². The Hall–Kier alpha value is -14.8. The Morgan fingerprint density at radius 2 is 0.442 bits per heavy atom. The van der Waals surface area contributed by atoms with E-state index in [2.05, 4.69) is 444 Å². The second-order valence-corrected chi connectivity index (χ2v) is 28.7. The highest BCUT2D eigenvalue weighted by Crippen LogP contribution is 2.55. The highest BCUT2D eigenvalue weighted by molar-refractivity contribution is 7.00. The van der Waals surface area contributed by atoms with Crippen molar-refractivity contribution in [1.29, 1.82) is 0 Å². The topological polar surface area (TPSA) is 13.0 Å². The smallest absolute Gasteiger partial charge is 0.252 e. The molecule has 0 spiro atoms. The predicted octanol–water partition coefficient (Wildman–Crippen LogP) is 27.7. The van der Waals surface area contributed by atoms with Crippen LogP contribution in [0.15, 0.2) is 455 Å². The van der Waals surface area contributed by atoms with E-state index < -0.39 is 24.8 Å². The van der Waals surface area contributed by atoms with Gasteiger partial charge in [-0.05, 0) is 179 Å². The van der Waals surface area contributed by atoms with Crippen molar-refractivity contribution in [3.8, 4) is 100 Å². The third-order valence-electron chi connectivity index (χ3n) is 22.1. The quantitative estimate of drug-likeness (QED) is 0.0843. The molecular weight excluding hydrogens is 1360 g/mol. The van der Waals surface area contributed by atoms with Gasteiger partial charge in [-0.15, -0.1) is 0 Å². The van der Waals surface area contributed by atoms with E-state index in [1.165, 1.54) is 0 Å². The molecule has 0 aromatic heterocycles. The van der Waals surface area contributed by atoms with Crippen LogP contribution >= 0.6 is 0 Å². The van der Waals surface area contributed by atoms with Crippen LogP contribution in [0.4, 0.5) is 68.2 Å². The Morgan fingerprint density at radius 3 is 0.717 bits per heavy atom. The third kappa shape index (κ3) is 12.7. The maximum Gasteiger partial charge on any atom is 0.252 e. The van der Waals surface area contributed by atoms with Gasteiger partial charge in [0.15, 0.2) is 0 Å². The fourth-order valence-corrected chi connectivity index (χ4v) is 16.9. The third-order valence-corrected chi connectivity index (χ3v) is 22.1. The molecule has 0 radical (unpaired) electrons. The fraction of sp³-hybridized carbons (Fsp3) is 0. The number of hydrogen-bond acceptors (Lipinski definition) is 4. The van der Waals surface area contributed by atoms with Crippen molar-refractivity contribution < 1.29 is 6.85 Å². The molecule has 530 valence electrons. The van der Waals surface area contributed by atoms with Crippen molar-refractivity contribution in [2.24, 2.45) is 0 Å². The Kier molecular flexibility index (Phi) is 16.3. The molecule has 2 heterocycles. The van der Waals surface area contributed by atoms with Crippen LogP contribution < -0.4 is 36.0 Å². The molecule has 0 atom stereocenters. The number of benzene rings is 18. The minimum Gasteiger partial charge on any atom is -0.310 e. The van der Waals surface area contributed by atoms with Gasteiger partial charge in [-0.1, -0.05) is 370 Å². The summed E-state index contributed by atoms with van der Waals surface area (Å²) in [6, 6.07) is 149. The number of rotatable bonds is 17. The van der Waals surface area contributed by atoms with E-state index in [1.807, 2.05) is 0 Å². The molecule has 113 heavy (non-hydrogen) atoms. The lowest BCUT2D eigenvalue weighted by molar-refractivity contribution is 1.23. The largest absolute Gasteiger partial charge is 0.310 e. The molecule has 0 bridgehead atoms. The number of nitrogens with zero attached hydrogens (tertiary/aromatic N) is 4. The maximum atomic E-state index is 10.2. The Morgan fingerprint density at radius 1 is 0.195 bits per heavy atom. The zero-order chi connectivity index (χ0) is 79.3. The molecule has 0 amide bonds. The monoisotopic (exact) mass is 1440 g/mol. The predicted molar refractivity (Wildman–Crippen MR) is 479 cm³/mol. The van der Waals surface area contributed by atoms with Crippen LogP contribution in [0.25, 0.3) is 100 Å². The standard InChI is InChI=1S/C108H75BN4/c1-10-30-76(31-11-1)81-52-60-90(61-53-81)110(91-62-54-82(55-63-91)77-32-12-2-13-33-77)94-68-70-100-102(74-94)112(107-96(85-40-20-6-21-41-85)48-28-49-97(107)86-42-22-7-23-43-86)104-72-89(80-38-18-5-19-39-80)73-105-106(104)109(100)101-71-69-95(75-103(101)113(105)108-98(87-44-24-8-25-45-87)50-29-51-99(108)88-46-26-9-27-47-88)111(92-64-56-83(57-65-92)78-34-14-3-15-35-78)93-66-58-84(59-67-93)79-36-16-4-17-37-79/h1-75H/i5D,18D,19D,38D,39D. The van der Waals surface area contributed by atoms with Gasteiger partial charge in [0.05, 0.1) is 18.2 Å². The van der Waals surface area contributed by atoms with Gasteiger partial charge >= 0.3 is 0 Å². The molecule has 4 nitrogen and oxygen atoms in total. The van der Waals surface area contributed by atoms with Crippen LogP contribution in [0.3, 0.4) is 0 Å². The van der Waals surface area contributed by atoms with E-state index in [-0.39, 0.29) is 17.6 Å². The van der Waals surface area contributed by atoms with Crippen LogP contribution in [0.2, 0.25) is 0 Å². The summed E-state index contributed by atoms with van der Waals surface area (Å²) in [5.41, 5.74) is 30.7. The minimum absolute atomic E-state index is 0.0769. The van der Waals surface area contributed by atoms with E-state index in [0.717, 1.165) is 174 Å². The van der Waals surface area contributed by atoms with Gasteiger partial charge < -0.3 is 19.6 Å². The molecular formula is C108H75BN4. The van der Waals surface area contributed by atoms with Crippen molar-refractivity contribution in [3.05, 3.63) is 455 Å². The molecule has 5 heteroatoms. The first-order chi connectivity index (χ1) is 58.1. The van der Waals surface area contributed by atoms with Gasteiger partial charge in [-0.25, -0.2) is 0 Å². The zero-order valence-corrected chi connectivity index (χ0v) is 61.8. The summed E-state index contributed by atoms with van der Waals surface area (Å²) >= 11 is 0. The fourth-order valence-electron chi connectivity index (χ4n) is 16.9. The summed E-state index contributed by atoms with van der Waals surface area (Å²) in [4.78, 5) is 9.61. The molecule has 2 aliphatic rings. The summed E-state index contributed by atoms with van der Waals surface area (Å²) in [6.07, 6.45) is 0. The average Bonchev–Trinajstić information content (AvgIpc) is 0.685. The van der Waals surface area contributed by atoms with E-state index in [9.17, 15) is 5.48 Å². The highest BCUT2D eigenvalue weighted by atomic mass is 15.2. The first-order valence-electron chi connectivity index (χ1n) is 41.0. The second-order valence-electron chi connectivity index (χ2n) is 28.7. The van der Waals surface area contributed by atoms with Gasteiger partial charge in [0.25, 0.3) is 6.71 Å². The number of anilines is 12. The number of hydrogen-bond donors (Lipinski definition) is 0. The van der Waals surface area contributed by atoms with Crippen molar-refractivity contribution in [3.63, 3.8) is 0 Å². The lowest BCUT2D eigenvalue weighted by Gasteiger charge is -2.46. The van der Waals surface area contributed by atoms with E-state index in [4.69, 9.17) is 1.37 Å². The molecule has 2 aliphatic heterocycles. The lowest BCUT2D eigenvalue weighted by atomic mass is 9.33. The molecule has 18 aromatic rings. The second kappa shape index (κ2) is 29.7. The summed E-state index contributed by atoms with van der Waals surface area (Å²) in [7, 11) is 0. The summed E-state index contributed by atoms with van der Waals surface area (Å²) in [5, 5.41) is 0. The summed E-state index contributed by atoms with van der Waals surface area (Å²) in [5.74, 6) is 0. The first-order valence-corrected chi connectivity index (χ1v) is 38.5. The summed E-state index contributed by atoms with van der Waals surface area (Å²) in [6.45, 7) is -0.527. The maximum absolute atomic E-state index is 10.2. The van der Waals surface area contributed by atoms with Crippen LogP contribution in [0.5, 0.6) is 0 Å². The van der Waals surface area contributed by atoms with Crippen LogP contribution in [-0.2, 0) is 0 Å². The van der Waals surface area contributed by atoms with Crippen molar-refractivity contribution in [1.82, 2.24) is 0 Å². The van der Waals surface area contributed by atoms with E-state index >= 15 is 0 Å². The molecule has 0 fully saturated rings. The van der Waals surface area contributed by atoms with Crippen LogP contribution in [0.1, 0.15) is 6.85 Å². The highest BCUT2D eigenvalue weighted by Gasteiger charge is 2.46. The Labute approximate surface area is 668 Å². The lowest BCUT2D eigenvalue weighted by Crippen LogP contribution is -2.61. The van der Waals surface area contributed by atoms with Crippen molar-refractivity contribution in [2.75, 3.05) is 19.6 Å². The number of para-hydroxylation sites is 2. The molecule has 0 aliphatic carbocycles. The SMILES string of the molecule is [2H]c1c([2H])c([2H])c(-c2cc3c4c(c2)N(c2c(-c5ccccc5)cccc2-c2ccccc2)c2cc(N(c5ccc(-c6ccccc6)cc5)c5ccc(-c6ccccc6)cc5)ccc2B4c2ccc(N(c4ccc(-c5ccccc5)cc4)c4ccc(-c5ccccc5)cc4)cc2N3c2c(-c3ccccc3)cccc2-c2ccccc2)c([2H])c1[2H].